The second kappa shape index (κ2) is 10.7. The Hall–Kier alpha value is -3.96. The lowest BCUT2D eigenvalue weighted by atomic mass is 9.71. The molecule has 11 heteroatoms. The maximum absolute atomic E-state index is 14.0. The van der Waals surface area contributed by atoms with E-state index in [9.17, 15) is 15.2 Å². The maximum Gasteiger partial charge on any atom is 0.318 e. The van der Waals surface area contributed by atoms with Crippen LogP contribution in [0.5, 0.6) is 0 Å². The number of fused-ring (bicyclic) bond motifs is 1. The molecule has 0 spiro atoms. The van der Waals surface area contributed by atoms with Gasteiger partial charge >= 0.3 is 5.97 Å². The van der Waals surface area contributed by atoms with Crippen molar-refractivity contribution in [2.75, 3.05) is 18.1 Å². The number of imidazole rings is 1. The van der Waals surface area contributed by atoms with E-state index in [1.807, 2.05) is 54.0 Å². The number of halogens is 1. The van der Waals surface area contributed by atoms with Gasteiger partial charge in [-0.2, -0.15) is 0 Å². The summed E-state index contributed by atoms with van der Waals surface area (Å²) in [6, 6.07) is 16.2. The zero-order valence-electron chi connectivity index (χ0n) is 23.8. The SMILES string of the molecule is CCOC(=O)C1(c2ccc(-n3c(C)nc4cnccc43)cc2)CC2=C(N(c3ccccc3Cl)C1)N([O-])C(C)N([O-])C2C. The predicted octanol–water partition coefficient (Wildman–Crippen LogP) is 5.65. The van der Waals surface area contributed by atoms with Gasteiger partial charge in [-0.3, -0.25) is 14.3 Å². The molecule has 6 rings (SSSR count). The molecule has 4 aromatic rings. The minimum atomic E-state index is -1.22. The number of aromatic nitrogens is 3. The Labute approximate surface area is 248 Å². The minimum Gasteiger partial charge on any atom is -0.783 e. The zero-order valence-corrected chi connectivity index (χ0v) is 24.6. The lowest BCUT2D eigenvalue weighted by Crippen LogP contribution is -2.60. The first-order chi connectivity index (χ1) is 20.2. The predicted molar refractivity (Wildman–Crippen MR) is 162 cm³/mol. The van der Waals surface area contributed by atoms with Crippen LogP contribution in [0.25, 0.3) is 16.7 Å². The molecule has 218 valence electrons. The highest BCUT2D eigenvalue weighted by atomic mass is 35.5. The average Bonchev–Trinajstić information content (AvgIpc) is 3.34. The van der Waals surface area contributed by atoms with Gasteiger partial charge in [-0.25, -0.2) is 4.98 Å². The van der Waals surface area contributed by atoms with E-state index in [0.717, 1.165) is 32.7 Å². The number of para-hydroxylation sites is 1. The highest BCUT2D eigenvalue weighted by Crippen LogP contribution is 2.47. The molecule has 2 aromatic carbocycles. The molecule has 2 aromatic heterocycles. The van der Waals surface area contributed by atoms with Crippen LogP contribution >= 0.6 is 11.6 Å². The van der Waals surface area contributed by atoms with Crippen LogP contribution in [0.15, 0.2) is 78.4 Å². The first-order valence-electron chi connectivity index (χ1n) is 13.9. The second-order valence-corrected chi connectivity index (χ2v) is 11.2. The lowest BCUT2D eigenvalue weighted by molar-refractivity contribution is -0.150. The molecular weight excluding hydrogens is 556 g/mol. The number of esters is 1. The summed E-state index contributed by atoms with van der Waals surface area (Å²) in [5.74, 6) is 0.720. The van der Waals surface area contributed by atoms with E-state index in [1.54, 1.807) is 50.2 Å². The number of hydroxylamine groups is 4. The van der Waals surface area contributed by atoms with Crippen molar-refractivity contribution in [2.45, 2.75) is 51.7 Å². The number of aryl methyl sites for hydroxylation is 1. The van der Waals surface area contributed by atoms with Crippen LogP contribution in [0.4, 0.5) is 5.69 Å². The summed E-state index contributed by atoms with van der Waals surface area (Å²) in [5, 5.41) is 28.6. The Morgan fingerprint density at radius 2 is 1.86 bits per heavy atom. The Morgan fingerprint density at radius 1 is 1.12 bits per heavy atom. The van der Waals surface area contributed by atoms with Crippen molar-refractivity contribution in [3.05, 3.63) is 105 Å². The molecule has 3 atom stereocenters. The molecule has 4 heterocycles. The summed E-state index contributed by atoms with van der Waals surface area (Å²) in [4.78, 5) is 24.6. The number of anilines is 1. The van der Waals surface area contributed by atoms with E-state index in [1.165, 1.54) is 0 Å². The van der Waals surface area contributed by atoms with Crippen LogP contribution in [0, 0.1) is 17.3 Å². The summed E-state index contributed by atoms with van der Waals surface area (Å²) >= 11 is 6.67. The number of benzene rings is 2. The van der Waals surface area contributed by atoms with Crippen molar-refractivity contribution >= 4 is 34.3 Å². The lowest BCUT2D eigenvalue weighted by Gasteiger charge is -2.61. The molecule has 0 bridgehead atoms. The Bertz CT molecular complexity index is 1690. The van der Waals surface area contributed by atoms with Crippen molar-refractivity contribution in [3.8, 4) is 5.69 Å². The molecule has 0 aliphatic carbocycles. The third-order valence-corrected chi connectivity index (χ3v) is 8.70. The highest BCUT2D eigenvalue weighted by Gasteiger charge is 2.51. The van der Waals surface area contributed by atoms with Gasteiger partial charge in [-0.15, -0.1) is 0 Å². The fourth-order valence-electron chi connectivity index (χ4n) is 6.23. The molecule has 0 fully saturated rings. The topological polar surface area (TPSA) is 113 Å². The number of rotatable bonds is 5. The van der Waals surface area contributed by atoms with Gasteiger partial charge in [0.25, 0.3) is 0 Å². The van der Waals surface area contributed by atoms with Gasteiger partial charge in [0, 0.05) is 24.5 Å². The zero-order chi connectivity index (χ0) is 29.8. The molecule has 2 aliphatic heterocycles. The number of nitrogens with zero attached hydrogens (tertiary/aromatic N) is 6. The number of carbonyl (C=O) groups is 1. The third-order valence-electron chi connectivity index (χ3n) is 8.38. The number of hydrogen-bond donors (Lipinski definition) is 0. The number of hydrogen-bond acceptors (Lipinski definition) is 9. The van der Waals surface area contributed by atoms with E-state index in [2.05, 4.69) is 9.97 Å². The molecule has 0 saturated carbocycles. The largest absolute Gasteiger partial charge is 0.783 e. The fourth-order valence-corrected chi connectivity index (χ4v) is 6.46. The summed E-state index contributed by atoms with van der Waals surface area (Å²) in [5.41, 5.74) is 3.20. The Kier molecular flexibility index (Phi) is 7.18. The Morgan fingerprint density at radius 3 is 2.57 bits per heavy atom. The quantitative estimate of drug-likeness (QED) is 0.274. The van der Waals surface area contributed by atoms with Gasteiger partial charge in [0.05, 0.1) is 41.0 Å². The van der Waals surface area contributed by atoms with Crippen molar-refractivity contribution in [2.24, 2.45) is 0 Å². The van der Waals surface area contributed by atoms with Crippen LogP contribution < -0.4 is 4.90 Å². The highest BCUT2D eigenvalue weighted by molar-refractivity contribution is 6.33. The van der Waals surface area contributed by atoms with Crippen molar-refractivity contribution < 1.29 is 9.53 Å². The number of ether oxygens (including phenoxy) is 1. The summed E-state index contributed by atoms with van der Waals surface area (Å²) < 4.78 is 7.73. The molecule has 42 heavy (non-hydrogen) atoms. The van der Waals surface area contributed by atoms with Gasteiger partial charge < -0.3 is 30.2 Å². The van der Waals surface area contributed by atoms with Crippen LogP contribution in [0.2, 0.25) is 5.02 Å². The van der Waals surface area contributed by atoms with E-state index >= 15 is 0 Å². The molecular formula is C31H31ClN6O4-2. The molecule has 0 saturated heterocycles. The van der Waals surface area contributed by atoms with Crippen LogP contribution in [0.3, 0.4) is 0 Å². The normalized spacial score (nSPS) is 22.9. The van der Waals surface area contributed by atoms with E-state index < -0.39 is 23.6 Å². The van der Waals surface area contributed by atoms with Gasteiger partial charge in [-0.1, -0.05) is 35.9 Å². The molecule has 10 nitrogen and oxygen atoms in total. The smallest absolute Gasteiger partial charge is 0.318 e. The molecule has 2 aliphatic rings. The van der Waals surface area contributed by atoms with E-state index in [-0.39, 0.29) is 19.6 Å². The molecule has 0 radical (unpaired) electrons. The van der Waals surface area contributed by atoms with Gasteiger partial charge in [0.2, 0.25) is 0 Å². The standard InChI is InChI=1S/C31H31ClN6O4/c1-5-42-30(39)31(22-10-12-23(13-11-22)36-20(3)34-26-17-33-15-14-28(26)36)16-24-19(2)37(40)21(4)38(41)29(24)35(18-31)27-9-7-6-8-25(27)32/h6-15,17,19,21H,5,16,18H2,1-4H3/q-2. The molecule has 3 unspecified atom stereocenters. The van der Waals surface area contributed by atoms with Crippen molar-refractivity contribution in [1.29, 1.82) is 0 Å². The summed E-state index contributed by atoms with van der Waals surface area (Å²) in [6.45, 7) is 7.32. The van der Waals surface area contributed by atoms with E-state index in [0.29, 0.717) is 27.7 Å². The Balaban J connectivity index is 1.53. The number of pyridine rings is 1. The van der Waals surface area contributed by atoms with Gasteiger partial charge in [0.1, 0.15) is 16.8 Å². The van der Waals surface area contributed by atoms with E-state index in [4.69, 9.17) is 16.3 Å². The van der Waals surface area contributed by atoms with Crippen molar-refractivity contribution in [3.63, 3.8) is 0 Å². The third kappa shape index (κ3) is 4.33. The van der Waals surface area contributed by atoms with Crippen LogP contribution in [-0.2, 0) is 14.9 Å². The minimum absolute atomic E-state index is 0.101. The number of carbonyl (C=O) groups excluding carboxylic acids is 1. The molecule has 0 amide bonds. The summed E-state index contributed by atoms with van der Waals surface area (Å²) in [6.07, 6.45) is 2.66. The average molecular weight is 587 g/mol. The second-order valence-electron chi connectivity index (χ2n) is 10.8. The monoisotopic (exact) mass is 586 g/mol. The van der Waals surface area contributed by atoms with Gasteiger partial charge in [0.15, 0.2) is 0 Å². The summed E-state index contributed by atoms with van der Waals surface area (Å²) in [7, 11) is 0. The van der Waals surface area contributed by atoms with Crippen LogP contribution in [-0.4, -0.2) is 56.0 Å². The van der Waals surface area contributed by atoms with Gasteiger partial charge in [-0.05, 0) is 75.6 Å². The first kappa shape index (κ1) is 28.2. The van der Waals surface area contributed by atoms with Crippen molar-refractivity contribution in [1.82, 2.24) is 24.7 Å². The molecule has 0 N–H and O–H groups in total. The fraction of sp³-hybridized carbons (Fsp3) is 0.323. The maximum atomic E-state index is 14.0. The van der Waals surface area contributed by atoms with Crippen LogP contribution in [0.1, 0.15) is 38.6 Å². The first-order valence-corrected chi connectivity index (χ1v) is 14.3.